The minimum atomic E-state index is -1.42. The second-order valence-electron chi connectivity index (χ2n) is 4.33. The summed E-state index contributed by atoms with van der Waals surface area (Å²) >= 11 is 11.8. The van der Waals surface area contributed by atoms with Crippen molar-refractivity contribution in [2.45, 2.75) is 18.3 Å². The van der Waals surface area contributed by atoms with Crippen molar-refractivity contribution < 1.29 is 19.1 Å². The zero-order chi connectivity index (χ0) is 16.0. The summed E-state index contributed by atoms with van der Waals surface area (Å²) in [6, 6.07) is 6.51. The van der Waals surface area contributed by atoms with Gasteiger partial charge in [0, 0.05) is 0 Å². The second kappa shape index (κ2) is 7.30. The molecule has 0 saturated heterocycles. The number of ether oxygens (including phenoxy) is 2. The van der Waals surface area contributed by atoms with E-state index in [9.17, 15) is 14.9 Å². The third-order valence-corrected chi connectivity index (χ3v) is 3.77. The van der Waals surface area contributed by atoms with Crippen LogP contribution in [0.2, 0.25) is 10.0 Å². The summed E-state index contributed by atoms with van der Waals surface area (Å²) in [6.07, 6.45) is -0.597. The minimum Gasteiger partial charge on any atom is -0.469 e. The molecule has 0 atom stereocenters. The normalized spacial score (nSPS) is 10.6. The van der Waals surface area contributed by atoms with E-state index in [0.29, 0.717) is 10.6 Å². The maximum absolute atomic E-state index is 11.6. The van der Waals surface area contributed by atoms with Crippen LogP contribution < -0.4 is 0 Å². The number of carbonyl (C=O) groups excluding carboxylic acids is 2. The van der Waals surface area contributed by atoms with Crippen LogP contribution in [0.15, 0.2) is 18.2 Å². The number of methoxy groups -OCH3 is 2. The van der Waals surface area contributed by atoms with Gasteiger partial charge >= 0.3 is 11.9 Å². The molecule has 0 aromatic heterocycles. The number of halogens is 2. The zero-order valence-corrected chi connectivity index (χ0v) is 13.0. The van der Waals surface area contributed by atoms with E-state index in [2.05, 4.69) is 9.47 Å². The van der Waals surface area contributed by atoms with E-state index in [1.165, 1.54) is 26.4 Å². The molecule has 0 bridgehead atoms. The zero-order valence-electron chi connectivity index (χ0n) is 11.5. The smallest absolute Gasteiger partial charge is 0.307 e. The summed E-state index contributed by atoms with van der Waals surface area (Å²) in [4.78, 5) is 23.2. The van der Waals surface area contributed by atoms with Gasteiger partial charge in [0.25, 0.3) is 0 Å². The SMILES string of the molecule is COC(=O)CC(C#N)(CC(=O)OC)c1ccc(Cl)c(Cl)c1. The Labute approximate surface area is 132 Å². The van der Waals surface area contributed by atoms with E-state index in [1.807, 2.05) is 6.07 Å². The lowest BCUT2D eigenvalue weighted by Crippen LogP contribution is -2.31. The molecule has 7 heteroatoms. The molecule has 1 rings (SSSR count). The fourth-order valence-electron chi connectivity index (χ4n) is 1.84. The average molecular weight is 330 g/mol. The Kier molecular flexibility index (Phi) is 6.01. The highest BCUT2D eigenvalue weighted by Crippen LogP contribution is 2.35. The number of hydrogen-bond acceptors (Lipinski definition) is 5. The van der Waals surface area contributed by atoms with Crippen LogP contribution in [-0.4, -0.2) is 26.2 Å². The average Bonchev–Trinajstić information content (AvgIpc) is 2.48. The molecular weight excluding hydrogens is 317 g/mol. The van der Waals surface area contributed by atoms with Crippen molar-refractivity contribution in [1.82, 2.24) is 0 Å². The maximum Gasteiger partial charge on any atom is 0.307 e. The van der Waals surface area contributed by atoms with Crippen LogP contribution in [0.25, 0.3) is 0 Å². The molecule has 1 aromatic carbocycles. The van der Waals surface area contributed by atoms with Gasteiger partial charge in [-0.05, 0) is 17.7 Å². The van der Waals surface area contributed by atoms with Gasteiger partial charge in [0.1, 0.15) is 5.41 Å². The fraction of sp³-hybridized carbons (Fsp3) is 0.357. The summed E-state index contributed by atoms with van der Waals surface area (Å²) in [5, 5.41) is 10.1. The molecule has 5 nitrogen and oxygen atoms in total. The van der Waals surface area contributed by atoms with Gasteiger partial charge in [0.15, 0.2) is 0 Å². The monoisotopic (exact) mass is 329 g/mol. The van der Waals surface area contributed by atoms with Crippen molar-refractivity contribution in [2.24, 2.45) is 0 Å². The van der Waals surface area contributed by atoms with Crippen LogP contribution in [0.3, 0.4) is 0 Å². The van der Waals surface area contributed by atoms with Gasteiger partial charge in [-0.15, -0.1) is 0 Å². The first-order chi connectivity index (χ1) is 9.88. The van der Waals surface area contributed by atoms with Gasteiger partial charge in [0.2, 0.25) is 0 Å². The van der Waals surface area contributed by atoms with Crippen molar-refractivity contribution in [1.29, 1.82) is 5.26 Å². The summed E-state index contributed by atoms with van der Waals surface area (Å²) < 4.78 is 9.19. The van der Waals surface area contributed by atoms with E-state index in [4.69, 9.17) is 23.2 Å². The standard InChI is InChI=1S/C14H13Cl2NO4/c1-20-12(18)6-14(8-17,7-13(19)21-2)9-3-4-10(15)11(16)5-9/h3-5H,6-7H2,1-2H3. The second-order valence-corrected chi connectivity index (χ2v) is 5.14. The van der Waals surface area contributed by atoms with Crippen molar-refractivity contribution in [3.8, 4) is 6.07 Å². The van der Waals surface area contributed by atoms with Gasteiger partial charge in [-0.2, -0.15) is 5.26 Å². The summed E-state index contributed by atoms with van der Waals surface area (Å²) in [5.41, 5.74) is -1.02. The molecule has 0 spiro atoms. The molecular formula is C14H13Cl2NO4. The molecule has 0 radical (unpaired) electrons. The number of nitrogens with zero attached hydrogens (tertiary/aromatic N) is 1. The van der Waals surface area contributed by atoms with E-state index in [-0.39, 0.29) is 17.9 Å². The molecule has 0 saturated carbocycles. The first kappa shape index (κ1) is 17.3. The fourth-order valence-corrected chi connectivity index (χ4v) is 2.14. The minimum absolute atomic E-state index is 0.225. The lowest BCUT2D eigenvalue weighted by Gasteiger charge is -2.25. The first-order valence-corrected chi connectivity index (χ1v) is 6.64. The lowest BCUT2D eigenvalue weighted by molar-refractivity contribution is -0.144. The molecule has 0 amide bonds. The molecule has 0 unspecified atom stereocenters. The quantitative estimate of drug-likeness (QED) is 0.776. The molecule has 112 valence electrons. The van der Waals surface area contributed by atoms with E-state index in [0.717, 1.165) is 0 Å². The third kappa shape index (κ3) is 4.10. The van der Waals surface area contributed by atoms with Crippen LogP contribution in [0.1, 0.15) is 18.4 Å². The Hall–Kier alpha value is -1.77. The van der Waals surface area contributed by atoms with Gasteiger partial charge in [-0.1, -0.05) is 29.3 Å². The Morgan fingerprint density at radius 2 is 1.67 bits per heavy atom. The van der Waals surface area contributed by atoms with Crippen LogP contribution >= 0.6 is 23.2 Å². The van der Waals surface area contributed by atoms with Gasteiger partial charge in [-0.3, -0.25) is 9.59 Å². The van der Waals surface area contributed by atoms with Crippen LogP contribution in [0.5, 0.6) is 0 Å². The topological polar surface area (TPSA) is 76.4 Å². The largest absolute Gasteiger partial charge is 0.469 e. The predicted octanol–water partition coefficient (Wildman–Crippen LogP) is 2.88. The van der Waals surface area contributed by atoms with Crippen molar-refractivity contribution in [2.75, 3.05) is 14.2 Å². The third-order valence-electron chi connectivity index (χ3n) is 3.03. The van der Waals surface area contributed by atoms with Crippen LogP contribution in [-0.2, 0) is 24.5 Å². The molecule has 0 N–H and O–H groups in total. The number of rotatable bonds is 5. The molecule has 0 aliphatic carbocycles. The summed E-state index contributed by atoms with van der Waals surface area (Å²) in [6.45, 7) is 0. The Balaban J connectivity index is 3.33. The Morgan fingerprint density at radius 1 is 1.14 bits per heavy atom. The number of benzene rings is 1. The van der Waals surface area contributed by atoms with Gasteiger partial charge in [-0.25, -0.2) is 0 Å². The molecule has 0 heterocycles. The number of esters is 2. The van der Waals surface area contributed by atoms with Crippen molar-refractivity contribution >= 4 is 35.1 Å². The highest BCUT2D eigenvalue weighted by molar-refractivity contribution is 6.42. The number of hydrogen-bond donors (Lipinski definition) is 0. The summed E-state index contributed by atoms with van der Waals surface area (Å²) in [7, 11) is 2.41. The van der Waals surface area contributed by atoms with Gasteiger partial charge < -0.3 is 9.47 Å². The number of nitriles is 1. The molecule has 0 aliphatic rings. The number of carbonyl (C=O) groups is 2. The lowest BCUT2D eigenvalue weighted by atomic mass is 9.76. The van der Waals surface area contributed by atoms with Crippen LogP contribution in [0.4, 0.5) is 0 Å². The Morgan fingerprint density at radius 3 is 2.05 bits per heavy atom. The predicted molar refractivity (Wildman–Crippen MR) is 77.0 cm³/mol. The molecule has 0 fully saturated rings. The first-order valence-electron chi connectivity index (χ1n) is 5.89. The van der Waals surface area contributed by atoms with Crippen molar-refractivity contribution in [3.05, 3.63) is 33.8 Å². The highest BCUT2D eigenvalue weighted by Gasteiger charge is 2.38. The Bertz CT molecular complexity index is 577. The molecule has 21 heavy (non-hydrogen) atoms. The van der Waals surface area contributed by atoms with Crippen molar-refractivity contribution in [3.63, 3.8) is 0 Å². The summed E-state index contributed by atoms with van der Waals surface area (Å²) in [5.74, 6) is -1.24. The molecule has 0 aliphatic heterocycles. The van der Waals surface area contributed by atoms with E-state index >= 15 is 0 Å². The van der Waals surface area contributed by atoms with Gasteiger partial charge in [0.05, 0.1) is 43.2 Å². The maximum atomic E-state index is 11.6. The molecule has 1 aromatic rings. The van der Waals surface area contributed by atoms with E-state index in [1.54, 1.807) is 6.07 Å². The highest BCUT2D eigenvalue weighted by atomic mass is 35.5. The van der Waals surface area contributed by atoms with E-state index < -0.39 is 17.4 Å². The van der Waals surface area contributed by atoms with Crippen LogP contribution in [0, 0.1) is 11.3 Å².